The Morgan fingerprint density at radius 3 is 2.61 bits per heavy atom. The van der Waals surface area contributed by atoms with Crippen molar-refractivity contribution in [2.24, 2.45) is 5.92 Å². The Hall–Kier alpha value is -4.49. The number of H-pyrrole nitrogens is 2. The highest BCUT2D eigenvalue weighted by Crippen LogP contribution is 2.39. The third-order valence-electron chi connectivity index (χ3n) is 7.10. The number of pyridine rings is 2. The van der Waals surface area contributed by atoms with Crippen molar-refractivity contribution in [1.29, 1.82) is 0 Å². The van der Waals surface area contributed by atoms with Crippen molar-refractivity contribution in [3.8, 4) is 33.0 Å². The topological polar surface area (TPSA) is 82.3 Å². The molecule has 3 N–H and O–H groups in total. The molecule has 1 aliphatic carbocycles. The van der Waals surface area contributed by atoms with E-state index in [9.17, 15) is 0 Å². The van der Waals surface area contributed by atoms with Crippen LogP contribution >= 0.6 is 11.3 Å². The zero-order valence-electron chi connectivity index (χ0n) is 21.0. The van der Waals surface area contributed by atoms with E-state index in [1.165, 1.54) is 22.6 Å². The van der Waals surface area contributed by atoms with Crippen LogP contribution in [0.5, 0.6) is 0 Å². The van der Waals surface area contributed by atoms with Gasteiger partial charge in [0, 0.05) is 49.7 Å². The van der Waals surface area contributed by atoms with Crippen molar-refractivity contribution < 1.29 is 0 Å². The van der Waals surface area contributed by atoms with Crippen molar-refractivity contribution >= 4 is 44.4 Å². The van der Waals surface area contributed by atoms with Gasteiger partial charge in [-0.05, 0) is 73.2 Å². The molecule has 6 nitrogen and oxygen atoms in total. The molecule has 38 heavy (non-hydrogen) atoms. The number of fused-ring (bicyclic) bond motifs is 2. The van der Waals surface area contributed by atoms with Crippen LogP contribution in [0.15, 0.2) is 86.1 Å². The standard InChI is InChI=1S/C31H26N6S/c1-17(2)29-8-9-30(38-29)25-15-33-16-28-23(25)12-27(35-28)31-24-11-20(6-7-26(24)36-37-31)21-10-22(14-32-13-21)34-18(3)19-4-5-19/h6-16,19,34-35H,1,3-5H2,2H3,(H,36,37). The molecule has 7 heteroatoms. The lowest BCUT2D eigenvalue weighted by Crippen LogP contribution is -2.00. The fraction of sp³-hybridized carbons (Fsp3) is 0.129. The molecule has 1 fully saturated rings. The molecule has 1 aliphatic rings. The van der Waals surface area contributed by atoms with Crippen molar-refractivity contribution in [3.63, 3.8) is 0 Å². The van der Waals surface area contributed by atoms with Gasteiger partial charge in [0.15, 0.2) is 0 Å². The quantitative estimate of drug-likeness (QED) is 0.200. The maximum absolute atomic E-state index is 4.68. The Bertz CT molecular complexity index is 1870. The van der Waals surface area contributed by atoms with Gasteiger partial charge >= 0.3 is 0 Å². The van der Waals surface area contributed by atoms with E-state index in [4.69, 9.17) is 0 Å². The summed E-state index contributed by atoms with van der Waals surface area (Å²) in [6, 6.07) is 14.9. The minimum absolute atomic E-state index is 0.587. The summed E-state index contributed by atoms with van der Waals surface area (Å²) in [5.74, 6) is 0.587. The van der Waals surface area contributed by atoms with Crippen LogP contribution in [0.4, 0.5) is 5.69 Å². The van der Waals surface area contributed by atoms with Gasteiger partial charge in [0.2, 0.25) is 0 Å². The normalized spacial score (nSPS) is 13.3. The van der Waals surface area contributed by atoms with Crippen molar-refractivity contribution in [2.45, 2.75) is 19.8 Å². The van der Waals surface area contributed by atoms with Gasteiger partial charge in [-0.3, -0.25) is 15.1 Å². The molecule has 0 spiro atoms. The fourth-order valence-electron chi connectivity index (χ4n) is 4.87. The number of thiophene rings is 1. The average Bonchev–Trinajstić information content (AvgIpc) is 3.32. The third kappa shape index (κ3) is 4.01. The summed E-state index contributed by atoms with van der Waals surface area (Å²) in [5, 5.41) is 13.5. The lowest BCUT2D eigenvalue weighted by atomic mass is 10.0. The van der Waals surface area contributed by atoms with Gasteiger partial charge in [-0.2, -0.15) is 5.10 Å². The van der Waals surface area contributed by atoms with Gasteiger partial charge in [0.1, 0.15) is 5.69 Å². The summed E-state index contributed by atoms with van der Waals surface area (Å²) in [5.41, 5.74) is 10.1. The Morgan fingerprint density at radius 1 is 0.921 bits per heavy atom. The number of benzene rings is 1. The molecule has 1 aromatic carbocycles. The van der Waals surface area contributed by atoms with E-state index in [0.717, 1.165) is 66.8 Å². The monoisotopic (exact) mass is 514 g/mol. The predicted octanol–water partition coefficient (Wildman–Crippen LogP) is 8.27. The number of allylic oxidation sites excluding steroid dienone is 2. The molecule has 1 saturated carbocycles. The van der Waals surface area contributed by atoms with Crippen LogP contribution in [0.3, 0.4) is 0 Å². The van der Waals surface area contributed by atoms with Gasteiger partial charge in [0.05, 0.1) is 34.8 Å². The molecule has 7 rings (SSSR count). The molecule has 0 aliphatic heterocycles. The molecule has 0 amide bonds. The molecule has 0 saturated heterocycles. The van der Waals surface area contributed by atoms with E-state index in [0.29, 0.717) is 5.92 Å². The molecular formula is C31H26N6S. The highest BCUT2D eigenvalue weighted by atomic mass is 32.1. The first kappa shape index (κ1) is 22.7. The zero-order chi connectivity index (χ0) is 25.8. The van der Waals surface area contributed by atoms with E-state index in [2.05, 4.69) is 86.1 Å². The first-order chi connectivity index (χ1) is 18.5. The van der Waals surface area contributed by atoms with E-state index in [-0.39, 0.29) is 0 Å². The second kappa shape index (κ2) is 8.82. The van der Waals surface area contributed by atoms with Crippen LogP contribution in [0.2, 0.25) is 0 Å². The summed E-state index contributed by atoms with van der Waals surface area (Å²) >= 11 is 1.74. The summed E-state index contributed by atoms with van der Waals surface area (Å²) in [7, 11) is 0. The summed E-state index contributed by atoms with van der Waals surface area (Å²) < 4.78 is 0. The maximum Gasteiger partial charge on any atom is 0.116 e. The molecule has 0 bridgehead atoms. The minimum Gasteiger partial charge on any atom is -0.358 e. The Kier molecular flexibility index (Phi) is 5.26. The van der Waals surface area contributed by atoms with E-state index in [1.54, 1.807) is 11.3 Å². The second-order valence-electron chi connectivity index (χ2n) is 9.99. The number of rotatable bonds is 7. The molecule has 5 aromatic heterocycles. The number of aromatic nitrogens is 5. The largest absolute Gasteiger partial charge is 0.358 e. The van der Waals surface area contributed by atoms with Crippen molar-refractivity contribution in [3.05, 3.63) is 91.0 Å². The van der Waals surface area contributed by atoms with Crippen molar-refractivity contribution in [2.75, 3.05) is 5.32 Å². The van der Waals surface area contributed by atoms with Crippen molar-refractivity contribution in [1.82, 2.24) is 25.1 Å². The SMILES string of the molecule is C=C(C)c1ccc(-c2cncc3[nH]c(-c4n[nH]c5ccc(-c6cncc(NC(=C)C7CC7)c6)cc45)cc23)s1. The Labute approximate surface area is 224 Å². The maximum atomic E-state index is 4.68. The first-order valence-electron chi connectivity index (χ1n) is 12.7. The third-order valence-corrected chi connectivity index (χ3v) is 8.38. The number of anilines is 1. The number of nitrogens with one attached hydrogen (secondary N) is 3. The van der Waals surface area contributed by atoms with Crippen LogP contribution in [0, 0.1) is 5.92 Å². The summed E-state index contributed by atoms with van der Waals surface area (Å²) in [4.78, 5) is 14.9. The average molecular weight is 515 g/mol. The lowest BCUT2D eigenvalue weighted by molar-refractivity contribution is 1.02. The van der Waals surface area contributed by atoms with E-state index < -0.39 is 0 Å². The predicted molar refractivity (Wildman–Crippen MR) is 158 cm³/mol. The minimum atomic E-state index is 0.587. The van der Waals surface area contributed by atoms with Crippen LogP contribution in [0.1, 0.15) is 24.6 Å². The van der Waals surface area contributed by atoms with Gasteiger partial charge in [-0.15, -0.1) is 11.3 Å². The molecule has 0 radical (unpaired) electrons. The van der Waals surface area contributed by atoms with E-state index >= 15 is 0 Å². The number of hydrogen-bond donors (Lipinski definition) is 3. The Morgan fingerprint density at radius 2 is 1.79 bits per heavy atom. The molecular weight excluding hydrogens is 488 g/mol. The lowest BCUT2D eigenvalue weighted by Gasteiger charge is -2.10. The van der Waals surface area contributed by atoms with Gasteiger partial charge in [-0.1, -0.05) is 19.2 Å². The Balaban J connectivity index is 1.27. The van der Waals surface area contributed by atoms with Gasteiger partial charge in [-0.25, -0.2) is 0 Å². The second-order valence-corrected chi connectivity index (χ2v) is 11.1. The number of nitrogens with zero attached hydrogens (tertiary/aromatic N) is 3. The molecule has 0 unspecified atom stereocenters. The fourth-order valence-corrected chi connectivity index (χ4v) is 5.83. The first-order valence-corrected chi connectivity index (χ1v) is 13.5. The smallest absolute Gasteiger partial charge is 0.116 e. The highest BCUT2D eigenvalue weighted by molar-refractivity contribution is 7.16. The van der Waals surface area contributed by atoms with Crippen LogP contribution in [-0.2, 0) is 0 Å². The molecule has 5 heterocycles. The number of hydrogen-bond acceptors (Lipinski definition) is 5. The number of aromatic amines is 2. The molecule has 186 valence electrons. The van der Waals surface area contributed by atoms with Crippen LogP contribution in [0.25, 0.3) is 60.3 Å². The zero-order valence-corrected chi connectivity index (χ0v) is 21.8. The van der Waals surface area contributed by atoms with E-state index in [1.807, 2.05) is 31.7 Å². The highest BCUT2D eigenvalue weighted by Gasteiger charge is 2.24. The summed E-state index contributed by atoms with van der Waals surface area (Å²) in [6.07, 6.45) is 9.98. The van der Waals surface area contributed by atoms with Gasteiger partial charge in [0.25, 0.3) is 0 Å². The molecule has 0 atom stereocenters. The van der Waals surface area contributed by atoms with Crippen LogP contribution in [-0.4, -0.2) is 25.1 Å². The molecule has 6 aromatic rings. The van der Waals surface area contributed by atoms with Gasteiger partial charge < -0.3 is 10.3 Å². The van der Waals surface area contributed by atoms with Crippen LogP contribution < -0.4 is 5.32 Å². The summed E-state index contributed by atoms with van der Waals surface area (Å²) in [6.45, 7) is 10.3.